The van der Waals surface area contributed by atoms with Crippen LogP contribution in [-0.4, -0.2) is 21.3 Å². The SMILES string of the molecule is CC(=O)CCc1cc(C)nn1CCC(C)C(=O)CCc1ccco1. The Labute approximate surface area is 143 Å². The van der Waals surface area contributed by atoms with Gasteiger partial charge in [0.15, 0.2) is 0 Å². The van der Waals surface area contributed by atoms with Crippen molar-refractivity contribution in [1.29, 1.82) is 0 Å². The van der Waals surface area contributed by atoms with Crippen LogP contribution in [0.2, 0.25) is 0 Å². The highest BCUT2D eigenvalue weighted by Crippen LogP contribution is 2.14. The fourth-order valence-electron chi connectivity index (χ4n) is 2.72. The zero-order valence-corrected chi connectivity index (χ0v) is 14.7. The Morgan fingerprint density at radius 2 is 2.08 bits per heavy atom. The zero-order valence-electron chi connectivity index (χ0n) is 14.7. The van der Waals surface area contributed by atoms with Crippen LogP contribution in [0.1, 0.15) is 50.3 Å². The van der Waals surface area contributed by atoms with E-state index in [1.54, 1.807) is 13.2 Å². The van der Waals surface area contributed by atoms with Crippen molar-refractivity contribution in [3.05, 3.63) is 41.6 Å². The number of hydrogen-bond donors (Lipinski definition) is 0. The summed E-state index contributed by atoms with van der Waals surface area (Å²) in [4.78, 5) is 23.4. The van der Waals surface area contributed by atoms with Crippen LogP contribution in [0.15, 0.2) is 28.9 Å². The van der Waals surface area contributed by atoms with E-state index in [-0.39, 0.29) is 17.5 Å². The summed E-state index contributed by atoms with van der Waals surface area (Å²) in [5.41, 5.74) is 2.02. The van der Waals surface area contributed by atoms with Gasteiger partial charge in [0.05, 0.1) is 12.0 Å². The fraction of sp³-hybridized carbons (Fsp3) is 0.526. The van der Waals surface area contributed by atoms with Crippen LogP contribution in [0.5, 0.6) is 0 Å². The molecule has 2 aromatic heterocycles. The van der Waals surface area contributed by atoms with E-state index in [4.69, 9.17) is 4.42 Å². The Morgan fingerprint density at radius 3 is 2.75 bits per heavy atom. The molecule has 2 heterocycles. The second kappa shape index (κ2) is 8.62. The number of ketones is 2. The van der Waals surface area contributed by atoms with Gasteiger partial charge in [-0.25, -0.2) is 0 Å². The first-order valence-corrected chi connectivity index (χ1v) is 8.53. The molecule has 5 heteroatoms. The van der Waals surface area contributed by atoms with Gasteiger partial charge in [0.2, 0.25) is 0 Å². The Morgan fingerprint density at radius 1 is 1.29 bits per heavy atom. The molecular weight excluding hydrogens is 304 g/mol. The lowest BCUT2D eigenvalue weighted by Gasteiger charge is -2.12. The topological polar surface area (TPSA) is 65.1 Å². The molecule has 0 aliphatic rings. The summed E-state index contributed by atoms with van der Waals surface area (Å²) in [5.74, 6) is 1.28. The summed E-state index contributed by atoms with van der Waals surface area (Å²) in [6.45, 7) is 6.23. The van der Waals surface area contributed by atoms with Crippen LogP contribution in [0.3, 0.4) is 0 Å². The Kier molecular flexibility index (Phi) is 6.53. The van der Waals surface area contributed by atoms with Crippen molar-refractivity contribution in [2.75, 3.05) is 0 Å². The first kappa shape index (κ1) is 18.2. The highest BCUT2D eigenvalue weighted by molar-refractivity contribution is 5.80. The van der Waals surface area contributed by atoms with Gasteiger partial charge in [0.1, 0.15) is 17.3 Å². The highest BCUT2D eigenvalue weighted by Gasteiger charge is 2.15. The predicted octanol–water partition coefficient (Wildman–Crippen LogP) is 3.53. The van der Waals surface area contributed by atoms with Gasteiger partial charge in [0, 0.05) is 37.4 Å². The molecule has 0 saturated carbocycles. The van der Waals surface area contributed by atoms with Crippen LogP contribution >= 0.6 is 0 Å². The van der Waals surface area contributed by atoms with Crippen LogP contribution in [0, 0.1) is 12.8 Å². The lowest BCUT2D eigenvalue weighted by molar-refractivity contribution is -0.122. The van der Waals surface area contributed by atoms with Crippen LogP contribution in [-0.2, 0) is 29.0 Å². The molecule has 24 heavy (non-hydrogen) atoms. The number of furan rings is 1. The first-order chi connectivity index (χ1) is 11.5. The number of rotatable bonds is 10. The number of Topliss-reactive ketones (excluding diaryl/α,β-unsaturated/α-hetero) is 2. The van der Waals surface area contributed by atoms with Crippen molar-refractivity contribution < 1.29 is 14.0 Å². The second-order valence-electron chi connectivity index (χ2n) is 6.44. The molecule has 0 N–H and O–H groups in total. The predicted molar refractivity (Wildman–Crippen MR) is 91.8 cm³/mol. The van der Waals surface area contributed by atoms with E-state index in [1.165, 1.54) is 0 Å². The number of nitrogens with zero attached hydrogens (tertiary/aromatic N) is 2. The summed E-state index contributed by atoms with van der Waals surface area (Å²) in [6.07, 6.45) is 4.78. The van der Waals surface area contributed by atoms with E-state index >= 15 is 0 Å². The third-order valence-corrected chi connectivity index (χ3v) is 4.24. The number of carbonyl (C=O) groups is 2. The molecule has 2 aromatic rings. The molecule has 0 spiro atoms. The third-order valence-electron chi connectivity index (χ3n) is 4.24. The Hall–Kier alpha value is -2.17. The average molecular weight is 330 g/mol. The van der Waals surface area contributed by atoms with Gasteiger partial charge in [-0.15, -0.1) is 0 Å². The average Bonchev–Trinajstić information content (AvgIpc) is 3.17. The van der Waals surface area contributed by atoms with Crippen molar-refractivity contribution in [3.8, 4) is 0 Å². The number of carbonyl (C=O) groups excluding carboxylic acids is 2. The molecule has 2 rings (SSSR count). The van der Waals surface area contributed by atoms with E-state index in [0.717, 1.165) is 23.6 Å². The maximum absolute atomic E-state index is 12.2. The maximum atomic E-state index is 12.2. The zero-order chi connectivity index (χ0) is 17.5. The number of aromatic nitrogens is 2. The highest BCUT2D eigenvalue weighted by atomic mass is 16.3. The minimum atomic E-state index is -0.00914. The minimum Gasteiger partial charge on any atom is -0.469 e. The van der Waals surface area contributed by atoms with Gasteiger partial charge in [-0.2, -0.15) is 5.10 Å². The van der Waals surface area contributed by atoms with E-state index in [0.29, 0.717) is 32.2 Å². The molecular formula is C19H26N2O3. The van der Waals surface area contributed by atoms with Crippen molar-refractivity contribution in [2.45, 2.75) is 59.4 Å². The van der Waals surface area contributed by atoms with Gasteiger partial charge >= 0.3 is 0 Å². The van der Waals surface area contributed by atoms with Gasteiger partial charge in [-0.1, -0.05) is 6.92 Å². The fourth-order valence-corrected chi connectivity index (χ4v) is 2.72. The van der Waals surface area contributed by atoms with E-state index in [2.05, 4.69) is 5.10 Å². The normalized spacial score (nSPS) is 12.3. The summed E-state index contributed by atoms with van der Waals surface area (Å²) in [5, 5.41) is 4.49. The first-order valence-electron chi connectivity index (χ1n) is 8.53. The largest absolute Gasteiger partial charge is 0.469 e. The Bertz CT molecular complexity index is 671. The summed E-state index contributed by atoms with van der Waals surface area (Å²) in [7, 11) is 0. The van der Waals surface area contributed by atoms with Crippen molar-refractivity contribution in [3.63, 3.8) is 0 Å². The second-order valence-corrected chi connectivity index (χ2v) is 6.44. The smallest absolute Gasteiger partial charge is 0.136 e. The van der Waals surface area contributed by atoms with Gasteiger partial charge in [-0.05, 0) is 44.9 Å². The van der Waals surface area contributed by atoms with Crippen LogP contribution in [0.4, 0.5) is 0 Å². The molecule has 1 atom stereocenters. The van der Waals surface area contributed by atoms with Crippen molar-refractivity contribution in [2.24, 2.45) is 5.92 Å². The van der Waals surface area contributed by atoms with Crippen LogP contribution < -0.4 is 0 Å². The summed E-state index contributed by atoms with van der Waals surface area (Å²) >= 11 is 0. The molecule has 0 bridgehead atoms. The Balaban J connectivity index is 1.83. The molecule has 0 aliphatic carbocycles. The van der Waals surface area contributed by atoms with Gasteiger partial charge in [-0.3, -0.25) is 9.48 Å². The third kappa shape index (κ3) is 5.48. The van der Waals surface area contributed by atoms with Crippen LogP contribution in [0.25, 0.3) is 0 Å². The maximum Gasteiger partial charge on any atom is 0.136 e. The lowest BCUT2D eigenvalue weighted by atomic mass is 9.98. The lowest BCUT2D eigenvalue weighted by Crippen LogP contribution is -2.16. The monoisotopic (exact) mass is 330 g/mol. The molecule has 0 radical (unpaired) electrons. The molecule has 0 amide bonds. The standard InChI is InChI=1S/C19H26N2O3/c1-14(19(23)9-8-18-5-4-12-24-18)10-11-21-17(7-6-16(3)22)13-15(2)20-21/h4-5,12-14H,6-11H2,1-3H3. The number of aryl methyl sites for hydroxylation is 4. The number of hydrogen-bond acceptors (Lipinski definition) is 4. The van der Waals surface area contributed by atoms with Gasteiger partial charge in [0.25, 0.3) is 0 Å². The molecule has 1 unspecified atom stereocenters. The summed E-state index contributed by atoms with van der Waals surface area (Å²) < 4.78 is 7.20. The van der Waals surface area contributed by atoms with E-state index in [1.807, 2.05) is 36.7 Å². The van der Waals surface area contributed by atoms with Gasteiger partial charge < -0.3 is 9.21 Å². The van der Waals surface area contributed by atoms with Crippen molar-refractivity contribution in [1.82, 2.24) is 9.78 Å². The molecule has 5 nitrogen and oxygen atoms in total. The quantitative estimate of drug-likeness (QED) is 0.668. The molecule has 130 valence electrons. The molecule has 0 aromatic carbocycles. The molecule has 0 saturated heterocycles. The summed E-state index contributed by atoms with van der Waals surface area (Å²) in [6, 6.07) is 5.75. The molecule has 0 aliphatic heterocycles. The molecule has 0 fully saturated rings. The minimum absolute atomic E-state index is 0.00914. The van der Waals surface area contributed by atoms with E-state index in [9.17, 15) is 9.59 Å². The van der Waals surface area contributed by atoms with E-state index < -0.39 is 0 Å². The van der Waals surface area contributed by atoms with Crippen molar-refractivity contribution >= 4 is 11.6 Å².